The minimum atomic E-state index is -0.377. The molecule has 5 nitrogen and oxygen atoms in total. The first-order valence-corrected chi connectivity index (χ1v) is 8.38. The Morgan fingerprint density at radius 2 is 1.88 bits per heavy atom. The van der Waals surface area contributed by atoms with Crippen LogP contribution in [0.15, 0.2) is 36.4 Å². The third-order valence-electron chi connectivity index (χ3n) is 4.22. The standard InChI is InChI=1S/C20H25FN2O3/c1-13(2)23(3)18-8-6-15(12-17(18)21)22-20(24)11-14-10-16(25-4)7-9-19(14)26-5/h6-10,12-13H,11H2,1-5H3,(H,22,24). The molecule has 6 heteroatoms. The number of carbonyl (C=O) groups excluding carboxylic acids is 1. The van der Waals surface area contributed by atoms with E-state index in [4.69, 9.17) is 9.47 Å². The summed E-state index contributed by atoms with van der Waals surface area (Å²) < 4.78 is 24.8. The molecule has 0 heterocycles. The number of nitrogens with one attached hydrogen (secondary N) is 1. The topological polar surface area (TPSA) is 50.8 Å². The minimum absolute atomic E-state index is 0.0929. The molecule has 2 rings (SSSR count). The average Bonchev–Trinajstić information content (AvgIpc) is 2.61. The number of anilines is 2. The summed E-state index contributed by atoms with van der Waals surface area (Å²) in [7, 11) is 4.93. The van der Waals surface area contributed by atoms with Crippen LogP contribution in [0.1, 0.15) is 19.4 Å². The van der Waals surface area contributed by atoms with Gasteiger partial charge in [-0.1, -0.05) is 0 Å². The van der Waals surface area contributed by atoms with Crippen LogP contribution in [0.4, 0.5) is 15.8 Å². The lowest BCUT2D eigenvalue weighted by atomic mass is 10.1. The SMILES string of the molecule is COc1ccc(OC)c(CC(=O)Nc2ccc(N(C)C(C)C)c(F)c2)c1. The first kappa shape index (κ1) is 19.6. The van der Waals surface area contributed by atoms with E-state index in [2.05, 4.69) is 5.32 Å². The summed E-state index contributed by atoms with van der Waals surface area (Å²) in [6.07, 6.45) is 0.0929. The number of ether oxygens (including phenoxy) is 2. The van der Waals surface area contributed by atoms with Crippen LogP contribution in [0.25, 0.3) is 0 Å². The Labute approximate surface area is 153 Å². The van der Waals surface area contributed by atoms with Crippen molar-refractivity contribution in [2.24, 2.45) is 0 Å². The fourth-order valence-electron chi connectivity index (χ4n) is 2.55. The van der Waals surface area contributed by atoms with Crippen LogP contribution in [0.2, 0.25) is 0 Å². The number of carbonyl (C=O) groups is 1. The molecule has 2 aromatic carbocycles. The number of amides is 1. The number of hydrogen-bond acceptors (Lipinski definition) is 4. The molecule has 0 saturated heterocycles. The van der Waals surface area contributed by atoms with Crippen LogP contribution in [0.3, 0.4) is 0 Å². The lowest BCUT2D eigenvalue weighted by molar-refractivity contribution is -0.115. The van der Waals surface area contributed by atoms with Gasteiger partial charge in [0, 0.05) is 24.3 Å². The van der Waals surface area contributed by atoms with Crippen molar-refractivity contribution < 1.29 is 18.7 Å². The summed E-state index contributed by atoms with van der Waals surface area (Å²) >= 11 is 0. The Hall–Kier alpha value is -2.76. The summed E-state index contributed by atoms with van der Waals surface area (Å²) in [5.74, 6) is 0.598. The molecule has 0 unspecified atom stereocenters. The predicted octanol–water partition coefficient (Wildman–Crippen LogP) is 3.87. The van der Waals surface area contributed by atoms with Crippen LogP contribution in [-0.4, -0.2) is 33.2 Å². The van der Waals surface area contributed by atoms with Crippen molar-refractivity contribution in [2.75, 3.05) is 31.5 Å². The van der Waals surface area contributed by atoms with Gasteiger partial charge in [0.25, 0.3) is 0 Å². The molecule has 1 N–H and O–H groups in total. The molecular formula is C20H25FN2O3. The van der Waals surface area contributed by atoms with Gasteiger partial charge in [-0.15, -0.1) is 0 Å². The van der Waals surface area contributed by atoms with Crippen LogP contribution in [0.5, 0.6) is 11.5 Å². The molecule has 0 aromatic heterocycles. The number of rotatable bonds is 7. The molecular weight excluding hydrogens is 335 g/mol. The fraction of sp³-hybridized carbons (Fsp3) is 0.350. The number of halogens is 1. The third kappa shape index (κ3) is 4.65. The molecule has 0 atom stereocenters. The van der Waals surface area contributed by atoms with E-state index in [-0.39, 0.29) is 24.2 Å². The predicted molar refractivity (Wildman–Crippen MR) is 102 cm³/mol. The zero-order valence-electron chi connectivity index (χ0n) is 15.8. The highest BCUT2D eigenvalue weighted by Crippen LogP contribution is 2.26. The second-order valence-electron chi connectivity index (χ2n) is 6.27. The van der Waals surface area contributed by atoms with Crippen LogP contribution >= 0.6 is 0 Å². The fourth-order valence-corrected chi connectivity index (χ4v) is 2.55. The van der Waals surface area contributed by atoms with E-state index in [9.17, 15) is 9.18 Å². The summed E-state index contributed by atoms with van der Waals surface area (Å²) in [6.45, 7) is 3.97. The molecule has 0 aliphatic rings. The minimum Gasteiger partial charge on any atom is -0.497 e. The summed E-state index contributed by atoms with van der Waals surface area (Å²) in [5, 5.41) is 2.72. The number of nitrogens with zero attached hydrogens (tertiary/aromatic N) is 1. The quantitative estimate of drug-likeness (QED) is 0.814. The molecule has 1 amide bonds. The Morgan fingerprint density at radius 1 is 1.15 bits per heavy atom. The lowest BCUT2D eigenvalue weighted by Gasteiger charge is -2.24. The van der Waals surface area contributed by atoms with E-state index < -0.39 is 0 Å². The highest BCUT2D eigenvalue weighted by molar-refractivity contribution is 5.92. The van der Waals surface area contributed by atoms with Gasteiger partial charge in [0.2, 0.25) is 5.91 Å². The lowest BCUT2D eigenvalue weighted by Crippen LogP contribution is -2.26. The van der Waals surface area contributed by atoms with Gasteiger partial charge >= 0.3 is 0 Å². The Morgan fingerprint density at radius 3 is 2.46 bits per heavy atom. The molecule has 0 aliphatic heterocycles. The van der Waals surface area contributed by atoms with E-state index in [1.54, 1.807) is 44.6 Å². The molecule has 26 heavy (non-hydrogen) atoms. The van der Waals surface area contributed by atoms with Crippen molar-refractivity contribution in [1.82, 2.24) is 0 Å². The molecule has 140 valence electrons. The first-order chi connectivity index (χ1) is 12.3. The second-order valence-corrected chi connectivity index (χ2v) is 6.27. The van der Waals surface area contributed by atoms with Crippen molar-refractivity contribution in [3.05, 3.63) is 47.8 Å². The first-order valence-electron chi connectivity index (χ1n) is 8.38. The number of methoxy groups -OCH3 is 2. The van der Waals surface area contributed by atoms with Crippen LogP contribution < -0.4 is 19.7 Å². The smallest absolute Gasteiger partial charge is 0.228 e. The molecule has 2 aromatic rings. The van der Waals surface area contributed by atoms with Crippen molar-refractivity contribution in [2.45, 2.75) is 26.3 Å². The normalized spacial score (nSPS) is 10.6. The van der Waals surface area contributed by atoms with Gasteiger partial charge in [0.15, 0.2) is 0 Å². The average molecular weight is 360 g/mol. The van der Waals surface area contributed by atoms with Gasteiger partial charge in [-0.25, -0.2) is 4.39 Å². The van der Waals surface area contributed by atoms with Crippen molar-refractivity contribution >= 4 is 17.3 Å². The Balaban J connectivity index is 2.12. The molecule has 0 saturated carbocycles. The van der Waals surface area contributed by atoms with Crippen molar-refractivity contribution in [3.8, 4) is 11.5 Å². The Kier molecular flexibility index (Phi) is 6.44. The van der Waals surface area contributed by atoms with E-state index in [0.717, 1.165) is 0 Å². The third-order valence-corrected chi connectivity index (χ3v) is 4.22. The molecule has 0 radical (unpaired) electrons. The number of hydrogen-bond donors (Lipinski definition) is 1. The molecule has 0 bridgehead atoms. The van der Waals surface area contributed by atoms with Crippen LogP contribution in [0, 0.1) is 5.82 Å². The zero-order valence-corrected chi connectivity index (χ0v) is 15.8. The molecule has 0 aliphatic carbocycles. The van der Waals surface area contributed by atoms with Gasteiger partial charge in [0.05, 0.1) is 26.3 Å². The van der Waals surface area contributed by atoms with Gasteiger partial charge in [-0.2, -0.15) is 0 Å². The number of benzene rings is 2. The summed E-state index contributed by atoms with van der Waals surface area (Å²) in [6, 6.07) is 10.1. The summed E-state index contributed by atoms with van der Waals surface area (Å²) in [5.41, 5.74) is 1.60. The van der Waals surface area contributed by atoms with Crippen molar-refractivity contribution in [1.29, 1.82) is 0 Å². The highest BCUT2D eigenvalue weighted by atomic mass is 19.1. The largest absolute Gasteiger partial charge is 0.497 e. The maximum atomic E-state index is 14.3. The maximum Gasteiger partial charge on any atom is 0.228 e. The molecule has 0 spiro atoms. The zero-order chi connectivity index (χ0) is 19.3. The maximum absolute atomic E-state index is 14.3. The van der Waals surface area contributed by atoms with E-state index in [0.29, 0.717) is 28.4 Å². The van der Waals surface area contributed by atoms with E-state index >= 15 is 0 Å². The van der Waals surface area contributed by atoms with Crippen LogP contribution in [-0.2, 0) is 11.2 Å². The molecule has 0 fully saturated rings. The van der Waals surface area contributed by atoms with Gasteiger partial charge < -0.3 is 19.7 Å². The van der Waals surface area contributed by atoms with Gasteiger partial charge in [-0.05, 0) is 50.2 Å². The monoisotopic (exact) mass is 360 g/mol. The second kappa shape index (κ2) is 8.56. The van der Waals surface area contributed by atoms with Gasteiger partial charge in [-0.3, -0.25) is 4.79 Å². The van der Waals surface area contributed by atoms with Gasteiger partial charge in [0.1, 0.15) is 17.3 Å². The highest BCUT2D eigenvalue weighted by Gasteiger charge is 2.14. The summed E-state index contributed by atoms with van der Waals surface area (Å²) in [4.78, 5) is 14.2. The van der Waals surface area contributed by atoms with E-state index in [1.165, 1.54) is 6.07 Å². The van der Waals surface area contributed by atoms with Crippen molar-refractivity contribution in [3.63, 3.8) is 0 Å². The Bertz CT molecular complexity index is 778. The van der Waals surface area contributed by atoms with E-state index in [1.807, 2.05) is 25.8 Å².